The summed E-state index contributed by atoms with van der Waals surface area (Å²) in [4.78, 5) is 53.5. The molecule has 46 heavy (non-hydrogen) atoms. The number of rotatable bonds is 17. The van der Waals surface area contributed by atoms with E-state index in [9.17, 15) is 19.2 Å². The highest BCUT2D eigenvalue weighted by atomic mass is 16.6. The predicted octanol–water partition coefficient (Wildman–Crippen LogP) is 5.87. The number of aromatic nitrogens is 1. The van der Waals surface area contributed by atoms with Crippen LogP contribution in [0.5, 0.6) is 5.75 Å². The van der Waals surface area contributed by atoms with Gasteiger partial charge in [0.1, 0.15) is 24.0 Å². The first-order valence-electron chi connectivity index (χ1n) is 15.7. The van der Waals surface area contributed by atoms with Crippen molar-refractivity contribution in [1.29, 1.82) is 0 Å². The monoisotopic (exact) mass is 631 g/mol. The molecule has 0 saturated heterocycles. The third-order valence-electron chi connectivity index (χ3n) is 6.80. The van der Waals surface area contributed by atoms with E-state index in [4.69, 9.17) is 14.2 Å². The highest BCUT2D eigenvalue weighted by Crippen LogP contribution is 2.16. The van der Waals surface area contributed by atoms with Gasteiger partial charge in [-0.3, -0.25) is 19.4 Å². The molecule has 3 aromatic rings. The van der Waals surface area contributed by atoms with Gasteiger partial charge in [-0.05, 0) is 74.6 Å². The number of ether oxygens (including phenoxy) is 3. The van der Waals surface area contributed by atoms with Crippen LogP contribution in [0.3, 0.4) is 0 Å². The molecule has 1 atom stereocenters. The topological polar surface area (TPSA) is 133 Å². The molecule has 0 unspecified atom stereocenters. The van der Waals surface area contributed by atoms with Gasteiger partial charge in [-0.15, -0.1) is 0 Å². The molecule has 10 heteroatoms. The van der Waals surface area contributed by atoms with Gasteiger partial charge in [0.25, 0.3) is 0 Å². The molecule has 3 rings (SSSR count). The minimum atomic E-state index is -0.825. The maximum absolute atomic E-state index is 13.1. The minimum absolute atomic E-state index is 0.0707. The van der Waals surface area contributed by atoms with E-state index in [0.717, 1.165) is 42.4 Å². The number of alkyl carbamates (subject to hydrolysis) is 1. The fourth-order valence-corrected chi connectivity index (χ4v) is 4.50. The highest BCUT2D eigenvalue weighted by Gasteiger charge is 2.24. The number of hydrogen-bond acceptors (Lipinski definition) is 8. The molecule has 1 heterocycles. The summed E-state index contributed by atoms with van der Waals surface area (Å²) in [6.07, 6.45) is 7.20. The zero-order valence-electron chi connectivity index (χ0n) is 27.0. The number of benzene rings is 2. The Hall–Kier alpha value is -4.73. The standard InChI is InChI=1S/C36H45N3O7/c1-36(2,3)46-35(43)39-31(24-28-15-17-30(18-16-28)44-26-29-19-22-37-23-20-29)34(42)38-21-11-6-4-5-10-14-32(40)45-33(41)25-27-12-8-7-9-13-27/h7-9,12-13,15-20,22-23,31H,4-6,10-11,14,21,24-26H2,1-3H3,(H,38,42)(H,39,43)/t31-/m0/s1. The lowest BCUT2D eigenvalue weighted by molar-refractivity contribution is -0.159. The zero-order valence-corrected chi connectivity index (χ0v) is 27.0. The van der Waals surface area contributed by atoms with Crippen LogP contribution in [0.25, 0.3) is 0 Å². The van der Waals surface area contributed by atoms with Gasteiger partial charge < -0.3 is 24.8 Å². The Morgan fingerprint density at radius 2 is 1.43 bits per heavy atom. The Balaban J connectivity index is 1.37. The van der Waals surface area contributed by atoms with Crippen LogP contribution in [0.2, 0.25) is 0 Å². The predicted molar refractivity (Wildman–Crippen MR) is 174 cm³/mol. The van der Waals surface area contributed by atoms with Crippen molar-refractivity contribution in [2.75, 3.05) is 6.54 Å². The minimum Gasteiger partial charge on any atom is -0.489 e. The first-order chi connectivity index (χ1) is 22.1. The van der Waals surface area contributed by atoms with E-state index in [0.29, 0.717) is 25.3 Å². The molecule has 0 saturated carbocycles. The average molecular weight is 632 g/mol. The van der Waals surface area contributed by atoms with Crippen molar-refractivity contribution in [3.05, 3.63) is 95.8 Å². The summed E-state index contributed by atoms with van der Waals surface area (Å²) in [5.41, 5.74) is 1.96. The van der Waals surface area contributed by atoms with Gasteiger partial charge in [-0.1, -0.05) is 61.7 Å². The van der Waals surface area contributed by atoms with Crippen molar-refractivity contribution < 1.29 is 33.4 Å². The maximum Gasteiger partial charge on any atom is 0.408 e. The molecule has 1 aromatic heterocycles. The smallest absolute Gasteiger partial charge is 0.408 e. The molecule has 0 spiro atoms. The van der Waals surface area contributed by atoms with Crippen molar-refractivity contribution in [3.63, 3.8) is 0 Å². The first-order valence-corrected chi connectivity index (χ1v) is 15.7. The summed E-state index contributed by atoms with van der Waals surface area (Å²) >= 11 is 0. The second-order valence-corrected chi connectivity index (χ2v) is 12.0. The van der Waals surface area contributed by atoms with Crippen LogP contribution in [0, 0.1) is 0 Å². The van der Waals surface area contributed by atoms with Crippen molar-refractivity contribution in [3.8, 4) is 5.75 Å². The highest BCUT2D eigenvalue weighted by molar-refractivity contribution is 5.87. The van der Waals surface area contributed by atoms with E-state index < -0.39 is 29.7 Å². The number of unbranched alkanes of at least 4 members (excludes halogenated alkanes) is 4. The lowest BCUT2D eigenvalue weighted by Gasteiger charge is -2.23. The molecule has 0 aliphatic heterocycles. The van der Waals surface area contributed by atoms with Crippen LogP contribution in [-0.4, -0.2) is 47.1 Å². The summed E-state index contributed by atoms with van der Waals surface area (Å²) in [7, 11) is 0. The van der Waals surface area contributed by atoms with Crippen LogP contribution in [0.4, 0.5) is 4.79 Å². The summed E-state index contributed by atoms with van der Waals surface area (Å²) in [5, 5.41) is 5.63. The molecule has 0 bridgehead atoms. The van der Waals surface area contributed by atoms with Crippen LogP contribution in [0.1, 0.15) is 76.0 Å². The lowest BCUT2D eigenvalue weighted by Crippen LogP contribution is -2.49. The Morgan fingerprint density at radius 3 is 2.13 bits per heavy atom. The molecular formula is C36H45N3O7. The van der Waals surface area contributed by atoms with Crippen molar-refractivity contribution in [2.24, 2.45) is 0 Å². The van der Waals surface area contributed by atoms with E-state index in [-0.39, 0.29) is 25.2 Å². The van der Waals surface area contributed by atoms with E-state index in [1.165, 1.54) is 0 Å². The molecule has 2 N–H and O–H groups in total. The fraction of sp³-hybridized carbons (Fsp3) is 0.417. The number of pyridine rings is 1. The molecular weight excluding hydrogens is 586 g/mol. The SMILES string of the molecule is CC(C)(C)OC(=O)N[C@@H](Cc1ccc(OCc2ccncc2)cc1)C(=O)NCCCCCCCC(=O)OC(=O)Cc1ccccc1. The van der Waals surface area contributed by atoms with Gasteiger partial charge in [-0.2, -0.15) is 0 Å². The third kappa shape index (κ3) is 14.8. The van der Waals surface area contributed by atoms with Crippen molar-refractivity contribution >= 4 is 23.9 Å². The molecule has 0 aliphatic rings. The second-order valence-electron chi connectivity index (χ2n) is 12.0. The van der Waals surface area contributed by atoms with Gasteiger partial charge in [0, 0.05) is 31.8 Å². The van der Waals surface area contributed by atoms with Crippen molar-refractivity contribution in [1.82, 2.24) is 15.6 Å². The normalized spacial score (nSPS) is 11.6. The third-order valence-corrected chi connectivity index (χ3v) is 6.80. The molecule has 10 nitrogen and oxygen atoms in total. The number of nitrogens with zero attached hydrogens (tertiary/aromatic N) is 1. The lowest BCUT2D eigenvalue weighted by atomic mass is 10.0. The molecule has 0 fully saturated rings. The van der Waals surface area contributed by atoms with E-state index >= 15 is 0 Å². The molecule has 2 aromatic carbocycles. The summed E-state index contributed by atoms with van der Waals surface area (Å²) in [5.74, 6) is -0.667. The van der Waals surface area contributed by atoms with Gasteiger partial charge in [-0.25, -0.2) is 4.79 Å². The largest absolute Gasteiger partial charge is 0.489 e. The molecule has 2 amide bonds. The molecule has 0 radical (unpaired) electrons. The second kappa shape index (κ2) is 18.9. The Morgan fingerprint density at radius 1 is 0.761 bits per heavy atom. The number of hydrogen-bond donors (Lipinski definition) is 2. The maximum atomic E-state index is 13.1. The van der Waals surface area contributed by atoms with E-state index in [2.05, 4.69) is 15.6 Å². The summed E-state index contributed by atoms with van der Waals surface area (Å²) in [6.45, 7) is 6.15. The quantitative estimate of drug-likeness (QED) is 0.107. The van der Waals surface area contributed by atoms with Gasteiger partial charge >= 0.3 is 18.0 Å². The number of carbonyl (C=O) groups is 4. The van der Waals surface area contributed by atoms with E-state index in [1.54, 1.807) is 33.2 Å². The van der Waals surface area contributed by atoms with Crippen LogP contribution in [-0.2, 0) is 43.3 Å². The number of carbonyl (C=O) groups excluding carboxylic acids is 4. The molecule has 0 aliphatic carbocycles. The summed E-state index contributed by atoms with van der Waals surface area (Å²) in [6, 6.07) is 19.5. The van der Waals surface area contributed by atoms with Gasteiger partial charge in [0.2, 0.25) is 5.91 Å². The van der Waals surface area contributed by atoms with Crippen molar-refractivity contribution in [2.45, 2.75) is 90.4 Å². The first kappa shape index (κ1) is 35.7. The fourth-order valence-electron chi connectivity index (χ4n) is 4.50. The van der Waals surface area contributed by atoms with Crippen LogP contribution >= 0.6 is 0 Å². The average Bonchev–Trinajstić information content (AvgIpc) is 3.01. The Kier molecular flexibility index (Phi) is 14.7. The van der Waals surface area contributed by atoms with Crippen LogP contribution in [0.15, 0.2) is 79.1 Å². The summed E-state index contributed by atoms with van der Waals surface area (Å²) < 4.78 is 16.1. The Labute approximate surface area is 271 Å². The zero-order chi connectivity index (χ0) is 33.2. The Bertz CT molecular complexity index is 1370. The number of nitrogens with one attached hydrogen (secondary N) is 2. The molecule has 246 valence electrons. The number of esters is 2. The van der Waals surface area contributed by atoms with Gasteiger partial charge in [0.05, 0.1) is 6.42 Å². The van der Waals surface area contributed by atoms with Gasteiger partial charge in [0.15, 0.2) is 0 Å². The van der Waals surface area contributed by atoms with Crippen LogP contribution < -0.4 is 15.4 Å². The number of amides is 2. The van der Waals surface area contributed by atoms with E-state index in [1.807, 2.05) is 66.7 Å².